The van der Waals surface area contributed by atoms with E-state index in [0.717, 1.165) is 32.2 Å². The highest BCUT2D eigenvalue weighted by Crippen LogP contribution is 2.22. The highest BCUT2D eigenvalue weighted by molar-refractivity contribution is 5.94. The minimum atomic E-state index is -0.533. The van der Waals surface area contributed by atoms with Crippen molar-refractivity contribution in [2.75, 3.05) is 13.7 Å². The molecule has 2 heterocycles. The van der Waals surface area contributed by atoms with Crippen LogP contribution in [0.15, 0.2) is 48.5 Å². The van der Waals surface area contributed by atoms with Crippen LogP contribution in [0, 0.1) is 0 Å². The molecule has 0 spiro atoms. The average molecular weight is 338 g/mol. The predicted molar refractivity (Wildman–Crippen MR) is 94.4 cm³/mol. The Morgan fingerprint density at radius 1 is 1.08 bits per heavy atom. The lowest BCUT2D eigenvalue weighted by Gasteiger charge is -2.35. The fourth-order valence-corrected chi connectivity index (χ4v) is 3.29. The molecule has 0 N–H and O–H groups in total. The van der Waals surface area contributed by atoms with Crippen LogP contribution in [-0.4, -0.2) is 41.5 Å². The molecule has 2 aromatic rings. The number of rotatable bonds is 4. The zero-order valence-corrected chi connectivity index (χ0v) is 14.4. The Kier molecular flexibility index (Phi) is 5.43. The third-order valence-corrected chi connectivity index (χ3v) is 4.56. The van der Waals surface area contributed by atoms with Crippen LogP contribution in [0.2, 0.25) is 0 Å². The fourth-order valence-electron chi connectivity index (χ4n) is 3.29. The first-order valence-corrected chi connectivity index (χ1v) is 8.59. The number of benzene rings is 1. The number of nitrogens with zero attached hydrogens (tertiary/aromatic N) is 2. The Bertz CT molecular complexity index is 746. The van der Waals surface area contributed by atoms with E-state index in [9.17, 15) is 9.59 Å². The van der Waals surface area contributed by atoms with E-state index >= 15 is 0 Å². The molecule has 25 heavy (non-hydrogen) atoms. The molecule has 1 atom stereocenters. The van der Waals surface area contributed by atoms with Crippen molar-refractivity contribution in [3.05, 3.63) is 65.5 Å². The number of hydrogen-bond acceptors (Lipinski definition) is 4. The molecule has 1 aliphatic heterocycles. The first-order chi connectivity index (χ1) is 12.2. The second kappa shape index (κ2) is 7.92. The van der Waals surface area contributed by atoms with E-state index in [-0.39, 0.29) is 17.6 Å². The molecule has 0 bridgehead atoms. The Morgan fingerprint density at radius 2 is 1.84 bits per heavy atom. The number of piperidine rings is 1. The summed E-state index contributed by atoms with van der Waals surface area (Å²) >= 11 is 0. The van der Waals surface area contributed by atoms with Crippen molar-refractivity contribution >= 4 is 11.9 Å². The molecule has 1 amide bonds. The summed E-state index contributed by atoms with van der Waals surface area (Å²) in [6.45, 7) is 0.723. The molecule has 1 saturated heterocycles. The Hall–Kier alpha value is -2.69. The van der Waals surface area contributed by atoms with Crippen LogP contribution < -0.4 is 0 Å². The number of carbonyl (C=O) groups is 2. The zero-order chi connectivity index (χ0) is 17.6. The fraction of sp³-hybridized carbons (Fsp3) is 0.350. The Labute approximate surface area is 147 Å². The summed E-state index contributed by atoms with van der Waals surface area (Å²) in [6.07, 6.45) is 3.94. The highest BCUT2D eigenvalue weighted by Gasteiger charge is 2.28. The molecular weight excluding hydrogens is 316 g/mol. The van der Waals surface area contributed by atoms with Crippen molar-refractivity contribution in [1.29, 1.82) is 0 Å². The zero-order valence-electron chi connectivity index (χ0n) is 14.4. The SMILES string of the molecule is COC(=O)c1cccc(C(=O)N2CCCC[C@@H]2Cc2ccccc2)n1. The Balaban J connectivity index is 1.80. The number of hydrogen-bond donors (Lipinski definition) is 0. The third kappa shape index (κ3) is 4.05. The molecule has 0 aliphatic carbocycles. The van der Waals surface area contributed by atoms with Gasteiger partial charge < -0.3 is 9.64 Å². The monoisotopic (exact) mass is 338 g/mol. The molecule has 3 rings (SSSR count). The number of ether oxygens (including phenoxy) is 1. The lowest BCUT2D eigenvalue weighted by Crippen LogP contribution is -2.45. The lowest BCUT2D eigenvalue weighted by molar-refractivity contribution is 0.0590. The van der Waals surface area contributed by atoms with Gasteiger partial charge in [0.05, 0.1) is 7.11 Å². The largest absolute Gasteiger partial charge is 0.464 e. The smallest absolute Gasteiger partial charge is 0.356 e. The normalized spacial score (nSPS) is 17.2. The van der Waals surface area contributed by atoms with Gasteiger partial charge in [0.25, 0.3) is 5.91 Å². The van der Waals surface area contributed by atoms with Gasteiger partial charge in [-0.2, -0.15) is 0 Å². The van der Waals surface area contributed by atoms with Crippen LogP contribution in [0.1, 0.15) is 45.8 Å². The number of esters is 1. The second-order valence-electron chi connectivity index (χ2n) is 6.24. The third-order valence-electron chi connectivity index (χ3n) is 4.56. The molecule has 1 fully saturated rings. The maximum atomic E-state index is 13.0. The summed E-state index contributed by atoms with van der Waals surface area (Å²) in [5, 5.41) is 0. The maximum absolute atomic E-state index is 13.0. The number of methoxy groups -OCH3 is 1. The molecule has 5 nitrogen and oxygen atoms in total. The van der Waals surface area contributed by atoms with Gasteiger partial charge in [0.1, 0.15) is 11.4 Å². The molecule has 130 valence electrons. The van der Waals surface area contributed by atoms with Crippen LogP contribution in [0.5, 0.6) is 0 Å². The number of amides is 1. The summed E-state index contributed by atoms with van der Waals surface area (Å²) in [4.78, 5) is 30.7. The highest BCUT2D eigenvalue weighted by atomic mass is 16.5. The molecule has 1 aliphatic rings. The van der Waals surface area contributed by atoms with Crippen LogP contribution in [0.4, 0.5) is 0 Å². The summed E-state index contributed by atoms with van der Waals surface area (Å²) in [5.41, 5.74) is 1.68. The standard InChI is InChI=1S/C20H22N2O3/c1-25-20(24)18-12-7-11-17(21-18)19(23)22-13-6-5-10-16(22)14-15-8-3-2-4-9-15/h2-4,7-9,11-12,16H,5-6,10,13-14H2,1H3/t16-/m1/s1. The van der Waals surface area contributed by atoms with Crippen molar-refractivity contribution in [2.24, 2.45) is 0 Å². The number of pyridine rings is 1. The summed E-state index contributed by atoms with van der Waals surface area (Å²) < 4.78 is 4.69. The topological polar surface area (TPSA) is 59.5 Å². The summed E-state index contributed by atoms with van der Waals surface area (Å²) in [7, 11) is 1.30. The first kappa shape index (κ1) is 17.1. The summed E-state index contributed by atoms with van der Waals surface area (Å²) in [5.74, 6) is -0.652. The van der Waals surface area contributed by atoms with Gasteiger partial charge in [-0.1, -0.05) is 36.4 Å². The van der Waals surface area contributed by atoms with E-state index in [2.05, 4.69) is 17.1 Å². The van der Waals surface area contributed by atoms with Gasteiger partial charge in [-0.25, -0.2) is 9.78 Å². The number of likely N-dealkylation sites (tertiary alicyclic amines) is 1. The van der Waals surface area contributed by atoms with Crippen LogP contribution in [0.25, 0.3) is 0 Å². The van der Waals surface area contributed by atoms with E-state index in [4.69, 9.17) is 4.74 Å². The maximum Gasteiger partial charge on any atom is 0.356 e. The number of carbonyl (C=O) groups excluding carboxylic acids is 2. The van der Waals surface area contributed by atoms with Crippen molar-refractivity contribution in [3.63, 3.8) is 0 Å². The van der Waals surface area contributed by atoms with Crippen LogP contribution in [0.3, 0.4) is 0 Å². The molecule has 1 aromatic heterocycles. The van der Waals surface area contributed by atoms with E-state index < -0.39 is 5.97 Å². The van der Waals surface area contributed by atoms with Crippen molar-refractivity contribution in [3.8, 4) is 0 Å². The van der Waals surface area contributed by atoms with Gasteiger partial charge in [0, 0.05) is 12.6 Å². The Morgan fingerprint density at radius 3 is 2.60 bits per heavy atom. The quantitative estimate of drug-likeness (QED) is 0.804. The van der Waals surface area contributed by atoms with Gasteiger partial charge in [0.2, 0.25) is 0 Å². The predicted octanol–water partition coefficient (Wildman–Crippen LogP) is 3.11. The molecule has 1 aromatic carbocycles. The van der Waals surface area contributed by atoms with E-state index in [1.165, 1.54) is 12.7 Å². The van der Waals surface area contributed by atoms with Crippen molar-refractivity contribution in [2.45, 2.75) is 31.7 Å². The second-order valence-corrected chi connectivity index (χ2v) is 6.24. The van der Waals surface area contributed by atoms with Gasteiger partial charge in [-0.05, 0) is 43.4 Å². The minimum Gasteiger partial charge on any atom is -0.464 e. The lowest BCUT2D eigenvalue weighted by atomic mass is 9.95. The number of aromatic nitrogens is 1. The van der Waals surface area contributed by atoms with Crippen molar-refractivity contribution < 1.29 is 14.3 Å². The average Bonchev–Trinajstić information content (AvgIpc) is 2.68. The molecule has 5 heteroatoms. The van der Waals surface area contributed by atoms with Crippen LogP contribution >= 0.6 is 0 Å². The molecule has 0 radical (unpaired) electrons. The minimum absolute atomic E-state index is 0.119. The van der Waals surface area contributed by atoms with E-state index in [1.54, 1.807) is 18.2 Å². The molecule has 0 saturated carbocycles. The molecule has 0 unspecified atom stereocenters. The van der Waals surface area contributed by atoms with Gasteiger partial charge in [-0.15, -0.1) is 0 Å². The van der Waals surface area contributed by atoms with Gasteiger partial charge in [0.15, 0.2) is 0 Å². The van der Waals surface area contributed by atoms with Crippen LogP contribution in [-0.2, 0) is 11.2 Å². The first-order valence-electron chi connectivity index (χ1n) is 8.59. The summed E-state index contributed by atoms with van der Waals surface area (Å²) in [6, 6.07) is 15.3. The van der Waals surface area contributed by atoms with Gasteiger partial charge >= 0.3 is 5.97 Å². The van der Waals surface area contributed by atoms with Gasteiger partial charge in [-0.3, -0.25) is 4.79 Å². The van der Waals surface area contributed by atoms with E-state index in [1.807, 2.05) is 23.1 Å². The van der Waals surface area contributed by atoms with E-state index in [0.29, 0.717) is 5.69 Å². The molecular formula is C20H22N2O3. The van der Waals surface area contributed by atoms with Crippen molar-refractivity contribution in [1.82, 2.24) is 9.88 Å².